The number of sulfonamides is 1. The van der Waals surface area contributed by atoms with E-state index >= 15 is 0 Å². The highest BCUT2D eigenvalue weighted by atomic mass is 32.2. The molecule has 4 rings (SSSR count). The lowest BCUT2D eigenvalue weighted by Crippen LogP contribution is -2.33. The molecule has 0 saturated heterocycles. The minimum Gasteiger partial charge on any atom is -0.378 e. The number of rotatable bonds is 10. The Labute approximate surface area is 205 Å². The van der Waals surface area contributed by atoms with E-state index in [0.29, 0.717) is 23.9 Å². The van der Waals surface area contributed by atoms with Crippen molar-refractivity contribution in [2.75, 3.05) is 36.4 Å². The van der Waals surface area contributed by atoms with Crippen LogP contribution in [0.15, 0.2) is 59.5 Å². The van der Waals surface area contributed by atoms with E-state index in [1.54, 1.807) is 10.4 Å². The van der Waals surface area contributed by atoms with Crippen molar-refractivity contribution in [2.24, 2.45) is 5.92 Å². The molecule has 184 valence electrons. The van der Waals surface area contributed by atoms with Crippen LogP contribution in [0.5, 0.6) is 0 Å². The molecule has 2 aromatic carbocycles. The molecule has 2 aromatic rings. The second-order valence-electron chi connectivity index (χ2n) is 9.39. The van der Waals surface area contributed by atoms with E-state index in [0.717, 1.165) is 43.6 Å². The summed E-state index contributed by atoms with van der Waals surface area (Å²) in [6, 6.07) is 14.8. The van der Waals surface area contributed by atoms with Crippen LogP contribution in [-0.4, -0.2) is 38.9 Å². The van der Waals surface area contributed by atoms with Gasteiger partial charge in [-0.15, -0.1) is 0 Å². The Balaban J connectivity index is 1.65. The van der Waals surface area contributed by atoms with Crippen LogP contribution in [0.1, 0.15) is 70.0 Å². The molecule has 0 aromatic heterocycles. The molecule has 0 radical (unpaired) electrons. The van der Waals surface area contributed by atoms with Gasteiger partial charge < -0.3 is 10.2 Å². The van der Waals surface area contributed by atoms with Gasteiger partial charge >= 0.3 is 0 Å². The van der Waals surface area contributed by atoms with Gasteiger partial charge in [0.2, 0.25) is 10.0 Å². The lowest BCUT2D eigenvalue weighted by atomic mass is 9.77. The van der Waals surface area contributed by atoms with Crippen molar-refractivity contribution < 1.29 is 8.42 Å². The lowest BCUT2D eigenvalue weighted by molar-refractivity contribution is 0.409. The number of fused-ring (bicyclic) bond motifs is 3. The average molecular weight is 482 g/mol. The summed E-state index contributed by atoms with van der Waals surface area (Å²) in [6.07, 6.45) is 7.15. The normalized spacial score (nSPS) is 21.3. The van der Waals surface area contributed by atoms with Gasteiger partial charge in [-0.05, 0) is 80.5 Å². The molecule has 0 spiro atoms. The Morgan fingerprint density at radius 1 is 0.941 bits per heavy atom. The first-order valence-electron chi connectivity index (χ1n) is 12.9. The summed E-state index contributed by atoms with van der Waals surface area (Å²) in [5.74, 6) is 0.608. The van der Waals surface area contributed by atoms with Crippen molar-refractivity contribution in [1.82, 2.24) is 4.31 Å². The van der Waals surface area contributed by atoms with Gasteiger partial charge in [-0.2, -0.15) is 4.31 Å². The fraction of sp³-hybridized carbons (Fsp3) is 0.500. The molecular formula is C28H39N3O2S. The Morgan fingerprint density at radius 3 is 2.24 bits per heavy atom. The standard InChI is InChI=1S/C28H39N3O2S/c1-5-18-31(19-6-2)34(32,33)23-16-17-27-26(20-23)24-10-9-11-25(24)28(29-27)21-12-14-22(15-13-21)30(7-3)8-4/h9-10,12-17,20,24-25,28-29H,5-8,11,18-19H2,1-4H3. The molecule has 2 aliphatic rings. The second kappa shape index (κ2) is 10.5. The van der Waals surface area contributed by atoms with Crippen LogP contribution < -0.4 is 10.2 Å². The molecule has 1 aliphatic heterocycles. The van der Waals surface area contributed by atoms with Crippen LogP contribution in [0.4, 0.5) is 11.4 Å². The summed E-state index contributed by atoms with van der Waals surface area (Å²) in [5, 5.41) is 3.76. The van der Waals surface area contributed by atoms with E-state index in [-0.39, 0.29) is 12.0 Å². The fourth-order valence-corrected chi connectivity index (χ4v) is 7.20. The van der Waals surface area contributed by atoms with Gasteiger partial charge in [-0.3, -0.25) is 0 Å². The summed E-state index contributed by atoms with van der Waals surface area (Å²) < 4.78 is 28.4. The maximum atomic E-state index is 13.4. The molecule has 0 saturated carbocycles. The number of hydrogen-bond acceptors (Lipinski definition) is 4. The lowest BCUT2D eigenvalue weighted by Gasteiger charge is -2.38. The minimum atomic E-state index is -3.49. The summed E-state index contributed by atoms with van der Waals surface area (Å²) >= 11 is 0. The molecule has 6 heteroatoms. The summed E-state index contributed by atoms with van der Waals surface area (Å²) in [5.41, 5.74) is 4.68. The molecular weight excluding hydrogens is 442 g/mol. The number of anilines is 2. The van der Waals surface area contributed by atoms with Gasteiger partial charge in [0.25, 0.3) is 0 Å². The zero-order chi connectivity index (χ0) is 24.3. The summed E-state index contributed by atoms with van der Waals surface area (Å²) in [6.45, 7) is 11.5. The molecule has 34 heavy (non-hydrogen) atoms. The first kappa shape index (κ1) is 24.8. The molecule has 1 N–H and O–H groups in total. The maximum absolute atomic E-state index is 13.4. The monoisotopic (exact) mass is 481 g/mol. The van der Waals surface area contributed by atoms with Crippen LogP contribution in [0.2, 0.25) is 0 Å². The van der Waals surface area contributed by atoms with Crippen molar-refractivity contribution in [3.05, 3.63) is 65.7 Å². The third-order valence-electron chi connectivity index (χ3n) is 7.30. The first-order valence-corrected chi connectivity index (χ1v) is 14.3. The number of benzene rings is 2. The van der Waals surface area contributed by atoms with Gasteiger partial charge in [0, 0.05) is 43.5 Å². The predicted molar refractivity (Wildman–Crippen MR) is 142 cm³/mol. The van der Waals surface area contributed by atoms with Crippen LogP contribution >= 0.6 is 0 Å². The Hall–Kier alpha value is -2.31. The Kier molecular flexibility index (Phi) is 7.68. The molecule has 0 fully saturated rings. The van der Waals surface area contributed by atoms with E-state index in [9.17, 15) is 8.42 Å². The van der Waals surface area contributed by atoms with E-state index in [1.807, 2.05) is 26.0 Å². The van der Waals surface area contributed by atoms with Crippen LogP contribution in [0.25, 0.3) is 0 Å². The fourth-order valence-electron chi connectivity index (χ4n) is 5.54. The summed E-state index contributed by atoms with van der Waals surface area (Å²) in [4.78, 5) is 2.77. The van der Waals surface area contributed by atoms with Crippen molar-refractivity contribution in [3.63, 3.8) is 0 Å². The minimum absolute atomic E-state index is 0.206. The molecule has 1 aliphatic carbocycles. The maximum Gasteiger partial charge on any atom is 0.243 e. The zero-order valence-corrected chi connectivity index (χ0v) is 21.8. The zero-order valence-electron chi connectivity index (χ0n) is 21.0. The third kappa shape index (κ3) is 4.63. The molecule has 3 unspecified atom stereocenters. The number of nitrogens with zero attached hydrogens (tertiary/aromatic N) is 2. The van der Waals surface area contributed by atoms with E-state index in [1.165, 1.54) is 11.3 Å². The Bertz CT molecular complexity index is 1100. The smallest absolute Gasteiger partial charge is 0.243 e. The highest BCUT2D eigenvalue weighted by Gasteiger charge is 2.38. The van der Waals surface area contributed by atoms with E-state index in [4.69, 9.17) is 0 Å². The van der Waals surface area contributed by atoms with Crippen molar-refractivity contribution in [1.29, 1.82) is 0 Å². The summed E-state index contributed by atoms with van der Waals surface area (Å²) in [7, 11) is -3.49. The third-order valence-corrected chi connectivity index (χ3v) is 9.19. The highest BCUT2D eigenvalue weighted by molar-refractivity contribution is 7.89. The van der Waals surface area contributed by atoms with Crippen molar-refractivity contribution in [2.45, 2.75) is 63.8 Å². The highest BCUT2D eigenvalue weighted by Crippen LogP contribution is 2.50. The largest absolute Gasteiger partial charge is 0.378 e. The van der Waals surface area contributed by atoms with Crippen molar-refractivity contribution in [3.8, 4) is 0 Å². The quantitative estimate of drug-likeness (QED) is 0.412. The van der Waals surface area contributed by atoms with Crippen LogP contribution in [0, 0.1) is 5.92 Å². The number of nitrogens with one attached hydrogen (secondary N) is 1. The number of allylic oxidation sites excluding steroid dienone is 2. The van der Waals surface area contributed by atoms with Gasteiger partial charge in [-0.25, -0.2) is 8.42 Å². The SMILES string of the molecule is CCCN(CCC)S(=O)(=O)c1ccc2c(c1)C1C=CCC1C(c1ccc(N(CC)CC)cc1)N2. The molecule has 0 amide bonds. The molecule has 3 atom stereocenters. The van der Waals surface area contributed by atoms with Crippen LogP contribution in [0.3, 0.4) is 0 Å². The first-order chi connectivity index (χ1) is 16.4. The topological polar surface area (TPSA) is 52.7 Å². The second-order valence-corrected chi connectivity index (χ2v) is 11.3. The molecule has 1 heterocycles. The number of hydrogen-bond donors (Lipinski definition) is 1. The van der Waals surface area contributed by atoms with Gasteiger partial charge in [0.05, 0.1) is 10.9 Å². The van der Waals surface area contributed by atoms with E-state index < -0.39 is 10.0 Å². The Morgan fingerprint density at radius 2 is 1.62 bits per heavy atom. The van der Waals surface area contributed by atoms with Gasteiger partial charge in [0.15, 0.2) is 0 Å². The predicted octanol–water partition coefficient (Wildman–Crippen LogP) is 6.17. The van der Waals surface area contributed by atoms with Gasteiger partial charge in [0.1, 0.15) is 0 Å². The average Bonchev–Trinajstić information content (AvgIpc) is 3.35. The molecule has 0 bridgehead atoms. The van der Waals surface area contributed by atoms with Gasteiger partial charge in [-0.1, -0.05) is 38.1 Å². The van der Waals surface area contributed by atoms with Crippen molar-refractivity contribution >= 4 is 21.4 Å². The van der Waals surface area contributed by atoms with Crippen LogP contribution in [-0.2, 0) is 10.0 Å². The molecule has 5 nitrogen and oxygen atoms in total. The van der Waals surface area contributed by atoms with E-state index in [2.05, 4.69) is 60.5 Å².